The SMILES string of the molecule is CN=C(NCCCOCC1CCOC1)NCC(C)(C)SC.I. The highest BCUT2D eigenvalue weighted by molar-refractivity contribution is 14.0. The van der Waals surface area contributed by atoms with E-state index in [0.717, 1.165) is 58.3 Å². The predicted molar refractivity (Wildman–Crippen MR) is 107 cm³/mol. The van der Waals surface area contributed by atoms with Crippen LogP contribution in [0.1, 0.15) is 26.7 Å². The molecule has 1 saturated heterocycles. The predicted octanol–water partition coefficient (Wildman–Crippen LogP) is 2.35. The molecule has 0 amide bonds. The van der Waals surface area contributed by atoms with Crippen LogP contribution >= 0.6 is 35.7 Å². The highest BCUT2D eigenvalue weighted by Crippen LogP contribution is 2.19. The third kappa shape index (κ3) is 10.1. The second kappa shape index (κ2) is 12.7. The van der Waals surface area contributed by atoms with E-state index in [1.165, 1.54) is 0 Å². The van der Waals surface area contributed by atoms with Crippen molar-refractivity contribution in [3.05, 3.63) is 0 Å². The number of hydrogen-bond acceptors (Lipinski definition) is 4. The molecule has 0 saturated carbocycles. The van der Waals surface area contributed by atoms with Crippen molar-refractivity contribution in [3.63, 3.8) is 0 Å². The number of halogens is 1. The topological polar surface area (TPSA) is 54.9 Å². The van der Waals surface area contributed by atoms with Gasteiger partial charge in [-0.25, -0.2) is 0 Å². The summed E-state index contributed by atoms with van der Waals surface area (Å²) in [6, 6.07) is 0. The largest absolute Gasteiger partial charge is 0.381 e. The van der Waals surface area contributed by atoms with Crippen molar-refractivity contribution in [1.82, 2.24) is 10.6 Å². The maximum absolute atomic E-state index is 5.68. The van der Waals surface area contributed by atoms with Gasteiger partial charge in [0.25, 0.3) is 0 Å². The Labute approximate surface area is 156 Å². The maximum atomic E-state index is 5.68. The molecule has 0 aromatic rings. The molecule has 0 spiro atoms. The summed E-state index contributed by atoms with van der Waals surface area (Å²) in [7, 11) is 1.80. The number of rotatable bonds is 9. The molecule has 1 aliphatic rings. The summed E-state index contributed by atoms with van der Waals surface area (Å²) in [5, 5.41) is 6.68. The summed E-state index contributed by atoms with van der Waals surface area (Å²) >= 11 is 1.85. The molecule has 1 heterocycles. The smallest absolute Gasteiger partial charge is 0.191 e. The van der Waals surface area contributed by atoms with Crippen molar-refractivity contribution in [3.8, 4) is 0 Å². The van der Waals surface area contributed by atoms with Crippen molar-refractivity contribution < 1.29 is 9.47 Å². The minimum absolute atomic E-state index is 0. The molecule has 7 heteroatoms. The zero-order valence-electron chi connectivity index (χ0n) is 14.3. The van der Waals surface area contributed by atoms with Gasteiger partial charge in [-0.1, -0.05) is 0 Å². The number of nitrogens with one attached hydrogen (secondary N) is 2. The summed E-state index contributed by atoms with van der Waals surface area (Å²) in [6.45, 7) is 9.58. The zero-order chi connectivity index (χ0) is 15.6. The molecule has 0 aromatic heterocycles. The van der Waals surface area contributed by atoms with E-state index in [1.54, 1.807) is 7.05 Å². The molecule has 132 valence electrons. The quantitative estimate of drug-likeness (QED) is 0.247. The third-order valence-corrected chi connectivity index (χ3v) is 4.84. The van der Waals surface area contributed by atoms with E-state index in [-0.39, 0.29) is 28.7 Å². The Hall–Kier alpha value is 0.270. The maximum Gasteiger partial charge on any atom is 0.191 e. The Kier molecular flexibility index (Phi) is 12.8. The van der Waals surface area contributed by atoms with Gasteiger partial charge in [0.15, 0.2) is 5.96 Å². The van der Waals surface area contributed by atoms with Gasteiger partial charge < -0.3 is 20.1 Å². The first-order valence-corrected chi connectivity index (χ1v) is 8.95. The van der Waals surface area contributed by atoms with Gasteiger partial charge in [0.2, 0.25) is 0 Å². The van der Waals surface area contributed by atoms with Crippen LogP contribution in [0.5, 0.6) is 0 Å². The van der Waals surface area contributed by atoms with Gasteiger partial charge in [0.05, 0.1) is 13.2 Å². The molecule has 1 unspecified atom stereocenters. The summed E-state index contributed by atoms with van der Waals surface area (Å²) in [6.07, 6.45) is 4.25. The summed E-state index contributed by atoms with van der Waals surface area (Å²) in [4.78, 5) is 4.23. The molecular weight excluding hydrogens is 413 g/mol. The molecule has 5 nitrogen and oxygen atoms in total. The number of thioether (sulfide) groups is 1. The van der Waals surface area contributed by atoms with E-state index in [0.29, 0.717) is 5.92 Å². The number of guanidine groups is 1. The van der Waals surface area contributed by atoms with Crippen LogP contribution < -0.4 is 10.6 Å². The lowest BCUT2D eigenvalue weighted by Gasteiger charge is -2.23. The van der Waals surface area contributed by atoms with Gasteiger partial charge in [-0.15, -0.1) is 24.0 Å². The van der Waals surface area contributed by atoms with Crippen LogP contribution in [0.25, 0.3) is 0 Å². The second-order valence-corrected chi connectivity index (χ2v) is 7.49. The standard InChI is InChI=1S/C15H31N3O2S.HI/c1-15(2,21-4)12-18-14(16-3)17-7-5-8-19-10-13-6-9-20-11-13;/h13H,5-12H2,1-4H3,(H2,16,17,18);1H. The number of aliphatic imine (C=N–C) groups is 1. The van der Waals surface area contributed by atoms with Crippen molar-refractivity contribution >= 4 is 41.7 Å². The average Bonchev–Trinajstić information content (AvgIpc) is 2.99. The van der Waals surface area contributed by atoms with Gasteiger partial charge in [0, 0.05) is 44.0 Å². The van der Waals surface area contributed by atoms with Crippen LogP contribution in [-0.2, 0) is 9.47 Å². The van der Waals surface area contributed by atoms with E-state index in [9.17, 15) is 0 Å². The molecular formula is C15H32IN3O2S. The highest BCUT2D eigenvalue weighted by atomic mass is 127. The van der Waals surface area contributed by atoms with Crippen molar-refractivity contribution in [2.45, 2.75) is 31.4 Å². The summed E-state index contributed by atoms with van der Waals surface area (Å²) in [5.41, 5.74) is 0. The molecule has 2 N–H and O–H groups in total. The normalized spacial score (nSPS) is 18.9. The fourth-order valence-electron chi connectivity index (χ4n) is 1.94. The van der Waals surface area contributed by atoms with Crippen molar-refractivity contribution in [1.29, 1.82) is 0 Å². The highest BCUT2D eigenvalue weighted by Gasteiger charge is 2.16. The van der Waals surface area contributed by atoms with Crippen LogP contribution in [0.3, 0.4) is 0 Å². The van der Waals surface area contributed by atoms with Crippen LogP contribution in [0.4, 0.5) is 0 Å². The van der Waals surface area contributed by atoms with E-state index >= 15 is 0 Å². The fraction of sp³-hybridized carbons (Fsp3) is 0.933. The van der Waals surface area contributed by atoms with Crippen LogP contribution in [0.15, 0.2) is 4.99 Å². The lowest BCUT2D eigenvalue weighted by atomic mass is 10.1. The van der Waals surface area contributed by atoms with Gasteiger partial charge in [-0.3, -0.25) is 4.99 Å². The van der Waals surface area contributed by atoms with Crippen molar-refractivity contribution in [2.24, 2.45) is 10.9 Å². The Morgan fingerprint density at radius 2 is 2.18 bits per heavy atom. The van der Waals surface area contributed by atoms with E-state index in [4.69, 9.17) is 9.47 Å². The first-order valence-electron chi connectivity index (χ1n) is 7.72. The molecule has 0 aliphatic carbocycles. The van der Waals surface area contributed by atoms with Gasteiger partial charge in [-0.2, -0.15) is 11.8 Å². The van der Waals surface area contributed by atoms with Gasteiger partial charge >= 0.3 is 0 Å². The Morgan fingerprint density at radius 3 is 2.77 bits per heavy atom. The van der Waals surface area contributed by atoms with Gasteiger partial charge in [-0.05, 0) is 32.9 Å². The fourth-order valence-corrected chi connectivity index (χ4v) is 2.15. The monoisotopic (exact) mass is 445 g/mol. The Balaban J connectivity index is 0.00000441. The van der Waals surface area contributed by atoms with Crippen LogP contribution in [0, 0.1) is 5.92 Å². The molecule has 0 radical (unpaired) electrons. The minimum atomic E-state index is 0. The first kappa shape index (κ1) is 22.3. The van der Waals surface area contributed by atoms with Gasteiger partial charge in [0.1, 0.15) is 0 Å². The third-order valence-electron chi connectivity index (χ3n) is 3.59. The van der Waals surface area contributed by atoms with E-state index < -0.39 is 0 Å². The summed E-state index contributed by atoms with van der Waals surface area (Å²) < 4.78 is 11.2. The second-order valence-electron chi connectivity index (χ2n) is 5.97. The Morgan fingerprint density at radius 1 is 1.41 bits per heavy atom. The Bertz CT molecular complexity index is 311. The molecule has 1 rings (SSSR count). The lowest BCUT2D eigenvalue weighted by Crippen LogP contribution is -2.43. The van der Waals surface area contributed by atoms with Crippen molar-refractivity contribution in [2.75, 3.05) is 52.8 Å². The molecule has 1 fully saturated rings. The molecule has 0 bridgehead atoms. The first-order chi connectivity index (χ1) is 10.1. The average molecular weight is 445 g/mol. The van der Waals surface area contributed by atoms with E-state index in [1.807, 2.05) is 11.8 Å². The minimum Gasteiger partial charge on any atom is -0.381 e. The molecule has 1 aliphatic heterocycles. The number of nitrogens with zero attached hydrogens (tertiary/aromatic N) is 1. The molecule has 22 heavy (non-hydrogen) atoms. The van der Waals surface area contributed by atoms with Crippen LogP contribution in [-0.4, -0.2) is 63.5 Å². The van der Waals surface area contributed by atoms with E-state index in [2.05, 4.69) is 35.7 Å². The van der Waals surface area contributed by atoms with Crippen LogP contribution in [0.2, 0.25) is 0 Å². The lowest BCUT2D eigenvalue weighted by molar-refractivity contribution is 0.0888. The molecule has 0 aromatic carbocycles. The molecule has 1 atom stereocenters. The summed E-state index contributed by atoms with van der Waals surface area (Å²) in [5.74, 6) is 1.46. The number of hydrogen-bond donors (Lipinski definition) is 2. The number of ether oxygens (including phenoxy) is 2. The zero-order valence-corrected chi connectivity index (χ0v) is 17.5.